The van der Waals surface area contributed by atoms with E-state index in [0.717, 1.165) is 6.07 Å². The summed E-state index contributed by atoms with van der Waals surface area (Å²) in [5.41, 5.74) is -0.612. The first-order valence-corrected chi connectivity index (χ1v) is 14.6. The number of benzene rings is 3. The van der Waals surface area contributed by atoms with Gasteiger partial charge < -0.3 is 19.4 Å². The highest BCUT2D eigenvalue weighted by atomic mass is 32.2. The van der Waals surface area contributed by atoms with Gasteiger partial charge in [-0.1, -0.05) is 25.1 Å². The molecule has 0 aromatic heterocycles. The number of carboxylic acids is 1. The number of hydrogen-bond acceptors (Lipinski definition) is 9. The summed E-state index contributed by atoms with van der Waals surface area (Å²) in [6.45, 7) is 5.55. The van der Waals surface area contributed by atoms with Crippen LogP contribution in [0.2, 0.25) is 0 Å². The monoisotopic (exact) mass is 571 g/mol. The molecule has 1 unspecified atom stereocenters. The van der Waals surface area contributed by atoms with Crippen molar-refractivity contribution >= 4 is 42.9 Å². The summed E-state index contributed by atoms with van der Waals surface area (Å²) >= 11 is 0. The van der Waals surface area contributed by atoms with Crippen LogP contribution in [0.1, 0.15) is 49.0 Å². The third kappa shape index (κ3) is 4.36. The predicted octanol–water partition coefficient (Wildman–Crippen LogP) is 4.23. The number of rotatable bonds is 4. The normalized spacial score (nSPS) is 17.1. The van der Waals surface area contributed by atoms with E-state index in [0.29, 0.717) is 12.0 Å². The summed E-state index contributed by atoms with van der Waals surface area (Å²) in [5.74, 6) is -2.16. The van der Waals surface area contributed by atoms with Crippen LogP contribution in [0.3, 0.4) is 0 Å². The third-order valence-electron chi connectivity index (χ3n) is 6.87. The van der Waals surface area contributed by atoms with Crippen molar-refractivity contribution in [3.63, 3.8) is 0 Å². The number of anilines is 1. The summed E-state index contributed by atoms with van der Waals surface area (Å²) < 4.78 is 78.8. The zero-order valence-corrected chi connectivity index (χ0v) is 22.5. The van der Waals surface area contributed by atoms with Gasteiger partial charge in [0.1, 0.15) is 15.0 Å². The van der Waals surface area contributed by atoms with Gasteiger partial charge in [-0.3, -0.25) is 9.96 Å². The van der Waals surface area contributed by atoms with Crippen LogP contribution in [0, 0.1) is 5.41 Å². The minimum atomic E-state index is -5.32. The van der Waals surface area contributed by atoms with Gasteiger partial charge in [-0.15, -0.1) is 0 Å². The zero-order valence-electron chi connectivity index (χ0n) is 20.9. The fourth-order valence-corrected chi connectivity index (χ4v) is 7.04. The predicted molar refractivity (Wildman–Crippen MR) is 140 cm³/mol. The maximum Gasteiger partial charge on any atom is 0.336 e. The fraction of sp³-hybridized carbons (Fsp3) is 0.231. The van der Waals surface area contributed by atoms with Crippen LogP contribution >= 0.6 is 0 Å². The van der Waals surface area contributed by atoms with E-state index in [-0.39, 0.29) is 39.2 Å². The molecule has 0 spiro atoms. The van der Waals surface area contributed by atoms with Crippen molar-refractivity contribution in [2.24, 2.45) is 0 Å². The Morgan fingerprint density at radius 1 is 1.10 bits per heavy atom. The van der Waals surface area contributed by atoms with E-state index < -0.39 is 58.2 Å². The van der Waals surface area contributed by atoms with Gasteiger partial charge in [0.15, 0.2) is 16.2 Å². The van der Waals surface area contributed by atoms with Gasteiger partial charge in [-0.25, -0.2) is 13.2 Å². The van der Waals surface area contributed by atoms with Crippen molar-refractivity contribution in [1.82, 2.24) is 0 Å². The van der Waals surface area contributed by atoms with Crippen molar-refractivity contribution < 1.29 is 40.3 Å². The molecule has 2 aliphatic heterocycles. The molecule has 0 saturated carbocycles. The standard InChI is InChI=1S/C26H24N2O9S2/c1-12-11-26(2,3)28-20-16(12)10-17-19(13-6-4-5-7-14(13)25(29)30)15-8-9-18(27)23(38(31,32)33)21(15)37-22(17)24(20)39(34,35)36/h4-10,12,27-28H,11H2,1-3H3,(H,29,30)(H,31,32,33)(H,34,35,36)/p-1. The Bertz CT molecular complexity index is 1960. The second-order valence-corrected chi connectivity index (χ2v) is 12.9. The van der Waals surface area contributed by atoms with Crippen LogP contribution in [-0.4, -0.2) is 42.6 Å². The lowest BCUT2D eigenvalue weighted by Gasteiger charge is -2.38. The Morgan fingerprint density at radius 2 is 1.77 bits per heavy atom. The first kappa shape index (κ1) is 26.8. The molecule has 13 heteroatoms. The zero-order chi connectivity index (χ0) is 28.7. The van der Waals surface area contributed by atoms with E-state index in [2.05, 4.69) is 5.32 Å². The van der Waals surface area contributed by atoms with Gasteiger partial charge in [0, 0.05) is 22.1 Å². The summed E-state index contributed by atoms with van der Waals surface area (Å²) in [7, 11) is -10.4. The highest BCUT2D eigenvalue weighted by Crippen LogP contribution is 2.50. The molecule has 0 saturated heterocycles. The number of aromatic carboxylic acids is 1. The van der Waals surface area contributed by atoms with Crippen molar-refractivity contribution in [3.8, 4) is 22.5 Å². The van der Waals surface area contributed by atoms with Crippen molar-refractivity contribution in [2.75, 3.05) is 5.32 Å². The lowest BCUT2D eigenvalue weighted by Crippen LogP contribution is -2.37. The molecule has 0 fully saturated rings. The lowest BCUT2D eigenvalue weighted by atomic mass is 9.80. The van der Waals surface area contributed by atoms with Gasteiger partial charge in [0.25, 0.3) is 10.1 Å². The Kier molecular flexibility index (Phi) is 5.92. The van der Waals surface area contributed by atoms with Crippen molar-refractivity contribution in [1.29, 1.82) is 5.41 Å². The van der Waals surface area contributed by atoms with Crippen LogP contribution in [0.25, 0.3) is 33.4 Å². The number of carbonyl (C=O) groups is 1. The maximum absolute atomic E-state index is 12.9. The van der Waals surface area contributed by atoms with Gasteiger partial charge >= 0.3 is 5.97 Å². The molecule has 11 nitrogen and oxygen atoms in total. The van der Waals surface area contributed by atoms with E-state index in [4.69, 9.17) is 9.83 Å². The first-order chi connectivity index (χ1) is 18.0. The molecule has 39 heavy (non-hydrogen) atoms. The molecule has 3 aliphatic rings. The molecule has 204 valence electrons. The molecule has 4 N–H and O–H groups in total. The maximum atomic E-state index is 12.9. The molecular formula is C26H23N2O9S2-. The first-order valence-electron chi connectivity index (χ1n) is 11.7. The second kappa shape index (κ2) is 8.61. The minimum absolute atomic E-state index is 0.0281. The quantitative estimate of drug-likeness (QED) is 0.203. The largest absolute Gasteiger partial charge is 0.744 e. The molecule has 0 bridgehead atoms. The minimum Gasteiger partial charge on any atom is -0.744 e. The van der Waals surface area contributed by atoms with E-state index in [1.54, 1.807) is 12.1 Å². The third-order valence-corrected chi connectivity index (χ3v) is 8.68. The van der Waals surface area contributed by atoms with Gasteiger partial charge in [0.2, 0.25) is 0 Å². The Hall–Kier alpha value is -3.78. The van der Waals surface area contributed by atoms with Crippen LogP contribution in [0.5, 0.6) is 0 Å². The molecular weight excluding hydrogens is 548 g/mol. The summed E-state index contributed by atoms with van der Waals surface area (Å²) in [5, 5.41) is 20.5. The van der Waals surface area contributed by atoms with Crippen LogP contribution < -0.4 is 10.7 Å². The number of hydrogen-bond donors (Lipinski definition) is 4. The van der Waals surface area contributed by atoms with E-state index >= 15 is 0 Å². The van der Waals surface area contributed by atoms with Crippen LogP contribution in [-0.2, 0) is 20.2 Å². The molecule has 0 radical (unpaired) electrons. The highest BCUT2D eigenvalue weighted by molar-refractivity contribution is 7.86. The van der Waals surface area contributed by atoms with Crippen molar-refractivity contribution in [2.45, 2.75) is 48.4 Å². The fourth-order valence-electron chi connectivity index (χ4n) is 5.51. The van der Waals surface area contributed by atoms with E-state index in [9.17, 15) is 35.8 Å². The molecule has 2 aromatic rings. The van der Waals surface area contributed by atoms with Crippen molar-refractivity contribution in [3.05, 3.63) is 58.9 Å². The molecule has 2 heterocycles. The Balaban J connectivity index is 2.15. The highest BCUT2D eigenvalue weighted by Gasteiger charge is 2.37. The van der Waals surface area contributed by atoms with Gasteiger partial charge in [0.05, 0.1) is 16.6 Å². The molecule has 2 aromatic carbocycles. The molecule has 5 rings (SSSR count). The summed E-state index contributed by atoms with van der Waals surface area (Å²) in [6, 6.07) is 9.79. The number of fused-ring (bicyclic) bond motifs is 3. The smallest absolute Gasteiger partial charge is 0.336 e. The van der Waals surface area contributed by atoms with Crippen LogP contribution in [0.15, 0.2) is 56.7 Å². The summed E-state index contributed by atoms with van der Waals surface area (Å²) in [6.07, 6.45) is 0.586. The Labute approximate surface area is 223 Å². The van der Waals surface area contributed by atoms with E-state index in [1.165, 1.54) is 24.3 Å². The average molecular weight is 572 g/mol. The molecule has 1 aliphatic carbocycles. The SMILES string of the molecule is CC1CC(C)(C)Nc2c1cc1c(-c3ccccc3C(=O)O)c3ccc(=N)c(S(=O)(=O)[O-])c-3oc1c2S(=O)(=O)O. The Morgan fingerprint density at radius 3 is 2.38 bits per heavy atom. The number of nitrogens with one attached hydrogen (secondary N) is 2. The summed E-state index contributed by atoms with van der Waals surface area (Å²) in [4.78, 5) is 10.5. The lowest BCUT2D eigenvalue weighted by molar-refractivity contribution is 0.0697. The topological polar surface area (TPSA) is 198 Å². The van der Waals surface area contributed by atoms with E-state index in [1.807, 2.05) is 20.8 Å². The van der Waals surface area contributed by atoms with Crippen LogP contribution in [0.4, 0.5) is 5.69 Å². The molecule has 1 atom stereocenters. The number of carboxylic acid groups (broad SMARTS) is 1. The average Bonchev–Trinajstić information content (AvgIpc) is 2.79. The van der Waals surface area contributed by atoms with Gasteiger partial charge in [-0.2, -0.15) is 8.42 Å². The molecule has 0 amide bonds. The van der Waals surface area contributed by atoms with Gasteiger partial charge in [-0.05, 0) is 61.6 Å². The second-order valence-electron chi connectivity index (χ2n) is 10.2.